The van der Waals surface area contributed by atoms with Crippen LogP contribution in [0, 0.1) is 18.6 Å². The zero-order valence-corrected chi connectivity index (χ0v) is 14.4. The number of benzene rings is 1. The fraction of sp³-hybridized carbons (Fsp3) is 0.353. The number of carbonyl (C=O) groups excluding carboxylic acids is 1. The molecule has 0 fully saturated rings. The number of hydrogen-bond donors (Lipinski definition) is 2. The third kappa shape index (κ3) is 5.75. The van der Waals surface area contributed by atoms with Crippen LogP contribution in [-0.2, 0) is 0 Å². The molecule has 1 heterocycles. The van der Waals surface area contributed by atoms with E-state index in [9.17, 15) is 13.6 Å². The molecule has 1 aromatic carbocycles. The maximum absolute atomic E-state index is 13.7. The first-order valence-electron chi connectivity index (χ1n) is 7.86. The number of hydrogen-bond acceptors (Lipinski definition) is 5. The van der Waals surface area contributed by atoms with Gasteiger partial charge in [-0.15, -0.1) is 0 Å². The fourth-order valence-corrected chi connectivity index (χ4v) is 2.16. The highest BCUT2D eigenvalue weighted by Gasteiger charge is 2.13. The largest absolute Gasteiger partial charge is 0.370 e. The van der Waals surface area contributed by atoms with Gasteiger partial charge in [0, 0.05) is 18.7 Å². The highest BCUT2D eigenvalue weighted by atomic mass is 19.1. The second kappa shape index (κ2) is 8.48. The summed E-state index contributed by atoms with van der Waals surface area (Å²) >= 11 is 0. The molecule has 0 bridgehead atoms. The van der Waals surface area contributed by atoms with E-state index in [2.05, 4.69) is 25.5 Å². The van der Waals surface area contributed by atoms with E-state index < -0.39 is 17.5 Å². The summed E-state index contributed by atoms with van der Waals surface area (Å²) in [6.07, 6.45) is 0.915. The van der Waals surface area contributed by atoms with Crippen LogP contribution >= 0.6 is 0 Å². The predicted octanol–water partition coefficient (Wildman–Crippen LogP) is 2.68. The van der Waals surface area contributed by atoms with E-state index in [4.69, 9.17) is 0 Å². The Morgan fingerprint density at radius 1 is 1.20 bits per heavy atom. The summed E-state index contributed by atoms with van der Waals surface area (Å²) in [6, 6.07) is 4.44. The normalized spacial score (nSPS) is 10.8. The Balaban J connectivity index is 2.06. The van der Waals surface area contributed by atoms with Crippen molar-refractivity contribution >= 4 is 17.4 Å². The lowest BCUT2D eigenvalue weighted by molar-refractivity contribution is 0.102. The molecule has 134 valence electrons. The SMILES string of the molecule is Cc1nc(NCCCN(C)C)cc(C(=O)Nc2ccc(F)cc2F)n1. The smallest absolute Gasteiger partial charge is 0.274 e. The van der Waals surface area contributed by atoms with Crippen molar-refractivity contribution in [2.24, 2.45) is 0 Å². The van der Waals surface area contributed by atoms with Crippen molar-refractivity contribution in [2.45, 2.75) is 13.3 Å². The van der Waals surface area contributed by atoms with E-state index in [-0.39, 0.29) is 11.4 Å². The summed E-state index contributed by atoms with van der Waals surface area (Å²) in [4.78, 5) is 22.6. The van der Waals surface area contributed by atoms with Crippen LogP contribution in [0.5, 0.6) is 0 Å². The van der Waals surface area contributed by atoms with Crippen LogP contribution in [0.1, 0.15) is 22.7 Å². The molecule has 0 saturated heterocycles. The predicted molar refractivity (Wildman–Crippen MR) is 92.7 cm³/mol. The number of anilines is 2. The van der Waals surface area contributed by atoms with E-state index in [0.717, 1.165) is 25.1 Å². The average Bonchev–Trinajstić information content (AvgIpc) is 2.53. The number of aryl methyl sites for hydroxylation is 1. The number of amides is 1. The monoisotopic (exact) mass is 349 g/mol. The Morgan fingerprint density at radius 3 is 2.64 bits per heavy atom. The minimum atomic E-state index is -0.846. The summed E-state index contributed by atoms with van der Waals surface area (Å²) < 4.78 is 26.6. The maximum Gasteiger partial charge on any atom is 0.274 e. The molecule has 2 N–H and O–H groups in total. The van der Waals surface area contributed by atoms with E-state index >= 15 is 0 Å². The number of nitrogens with one attached hydrogen (secondary N) is 2. The van der Waals surface area contributed by atoms with Crippen LogP contribution < -0.4 is 10.6 Å². The van der Waals surface area contributed by atoms with Gasteiger partial charge in [0.1, 0.15) is 29.0 Å². The maximum atomic E-state index is 13.7. The average molecular weight is 349 g/mol. The lowest BCUT2D eigenvalue weighted by Crippen LogP contribution is -2.18. The molecule has 2 rings (SSSR count). The topological polar surface area (TPSA) is 70.2 Å². The van der Waals surface area contributed by atoms with Gasteiger partial charge < -0.3 is 15.5 Å². The number of nitrogens with zero attached hydrogens (tertiary/aromatic N) is 3. The van der Waals surface area contributed by atoms with Crippen molar-refractivity contribution in [3.05, 3.63) is 47.4 Å². The summed E-state index contributed by atoms with van der Waals surface area (Å²) in [5.74, 6) is -1.20. The molecule has 0 unspecified atom stereocenters. The summed E-state index contributed by atoms with van der Waals surface area (Å²) in [7, 11) is 3.98. The van der Waals surface area contributed by atoms with E-state index in [1.165, 1.54) is 6.07 Å². The summed E-state index contributed by atoms with van der Waals surface area (Å²) in [6.45, 7) is 3.29. The second-order valence-corrected chi connectivity index (χ2v) is 5.85. The third-order valence-electron chi connectivity index (χ3n) is 3.34. The number of aromatic nitrogens is 2. The van der Waals surface area contributed by atoms with Gasteiger partial charge in [-0.2, -0.15) is 0 Å². The number of halogens is 2. The zero-order valence-electron chi connectivity index (χ0n) is 14.4. The van der Waals surface area contributed by atoms with Crippen LogP contribution in [-0.4, -0.2) is 48.0 Å². The van der Waals surface area contributed by atoms with Crippen molar-refractivity contribution in [3.8, 4) is 0 Å². The molecule has 0 aliphatic carbocycles. The minimum Gasteiger partial charge on any atom is -0.370 e. The van der Waals surface area contributed by atoms with Gasteiger partial charge in [0.05, 0.1) is 5.69 Å². The lowest BCUT2D eigenvalue weighted by atomic mass is 10.2. The Hall–Kier alpha value is -2.61. The molecule has 2 aromatic rings. The molecular weight excluding hydrogens is 328 g/mol. The third-order valence-corrected chi connectivity index (χ3v) is 3.34. The molecule has 1 amide bonds. The molecule has 6 nitrogen and oxygen atoms in total. The van der Waals surface area contributed by atoms with Gasteiger partial charge in [-0.05, 0) is 46.1 Å². The Morgan fingerprint density at radius 2 is 1.96 bits per heavy atom. The van der Waals surface area contributed by atoms with Gasteiger partial charge in [0.2, 0.25) is 0 Å². The van der Waals surface area contributed by atoms with Gasteiger partial charge in [-0.1, -0.05) is 0 Å². The van der Waals surface area contributed by atoms with Crippen molar-refractivity contribution in [1.29, 1.82) is 0 Å². The molecule has 0 radical (unpaired) electrons. The van der Waals surface area contributed by atoms with Gasteiger partial charge in [0.15, 0.2) is 0 Å². The Kier molecular flexibility index (Phi) is 6.35. The fourth-order valence-electron chi connectivity index (χ4n) is 2.16. The standard InChI is InChI=1S/C17H21F2N5O/c1-11-21-15(10-16(22-11)20-7-4-8-24(2)3)17(25)23-14-6-5-12(18)9-13(14)19/h5-6,9-10H,4,7-8H2,1-3H3,(H,23,25)(H,20,21,22). The van der Waals surface area contributed by atoms with Gasteiger partial charge >= 0.3 is 0 Å². The molecule has 0 atom stereocenters. The first-order chi connectivity index (χ1) is 11.8. The highest BCUT2D eigenvalue weighted by Crippen LogP contribution is 2.16. The molecule has 0 saturated carbocycles. The van der Waals surface area contributed by atoms with Gasteiger partial charge in [-0.3, -0.25) is 4.79 Å². The highest BCUT2D eigenvalue weighted by molar-refractivity contribution is 6.03. The Bertz CT molecular complexity index is 752. The van der Waals surface area contributed by atoms with E-state index in [1.807, 2.05) is 14.1 Å². The molecular formula is C17H21F2N5O. The van der Waals surface area contributed by atoms with E-state index in [1.54, 1.807) is 6.92 Å². The summed E-state index contributed by atoms with van der Waals surface area (Å²) in [5, 5.41) is 5.52. The van der Waals surface area contributed by atoms with Crippen LogP contribution in [0.15, 0.2) is 24.3 Å². The molecule has 8 heteroatoms. The van der Waals surface area contributed by atoms with Crippen LogP contribution in [0.2, 0.25) is 0 Å². The van der Waals surface area contributed by atoms with Crippen LogP contribution in [0.25, 0.3) is 0 Å². The van der Waals surface area contributed by atoms with Gasteiger partial charge in [0.25, 0.3) is 5.91 Å². The van der Waals surface area contributed by atoms with Gasteiger partial charge in [-0.25, -0.2) is 18.7 Å². The first kappa shape index (κ1) is 18.7. The van der Waals surface area contributed by atoms with Crippen molar-refractivity contribution in [2.75, 3.05) is 37.8 Å². The molecule has 25 heavy (non-hydrogen) atoms. The van der Waals surface area contributed by atoms with Crippen LogP contribution in [0.3, 0.4) is 0 Å². The zero-order chi connectivity index (χ0) is 18.4. The minimum absolute atomic E-state index is 0.103. The quantitative estimate of drug-likeness (QED) is 0.752. The molecule has 0 aliphatic rings. The summed E-state index contributed by atoms with van der Waals surface area (Å²) in [5.41, 5.74) is -0.00510. The Labute approximate surface area is 145 Å². The molecule has 0 aliphatic heterocycles. The lowest BCUT2D eigenvalue weighted by Gasteiger charge is -2.11. The van der Waals surface area contributed by atoms with Crippen molar-refractivity contribution < 1.29 is 13.6 Å². The molecule has 1 aromatic heterocycles. The number of rotatable bonds is 7. The van der Waals surface area contributed by atoms with Crippen LogP contribution in [0.4, 0.5) is 20.3 Å². The first-order valence-corrected chi connectivity index (χ1v) is 7.86. The van der Waals surface area contributed by atoms with E-state index in [0.29, 0.717) is 24.3 Å². The number of carbonyl (C=O) groups is 1. The van der Waals surface area contributed by atoms with Crippen molar-refractivity contribution in [3.63, 3.8) is 0 Å². The second-order valence-electron chi connectivity index (χ2n) is 5.85. The van der Waals surface area contributed by atoms with Crippen molar-refractivity contribution in [1.82, 2.24) is 14.9 Å². The molecule has 0 spiro atoms.